The fraction of sp³-hybridized carbons (Fsp3) is 0.559. The Labute approximate surface area is 326 Å². The molecule has 6 atom stereocenters. The molecule has 11 N–H and O–H groups in total. The number of carbonyl (C=O) groups excluding carboxylic acids is 4. The number of nitrogens with one attached hydrogen (secondary N) is 6. The van der Waals surface area contributed by atoms with Crippen molar-refractivity contribution < 1.29 is 73.4 Å². The quantitative estimate of drug-likeness (QED) is 0.0348. The van der Waals surface area contributed by atoms with E-state index in [1.807, 2.05) is 5.32 Å². The fourth-order valence-electron chi connectivity index (χ4n) is 4.85. The third-order valence-electron chi connectivity index (χ3n) is 7.87. The van der Waals surface area contributed by atoms with Gasteiger partial charge in [-0.3, -0.25) is 29.3 Å². The molecule has 56 heavy (non-hydrogen) atoms. The molecule has 0 spiro atoms. The van der Waals surface area contributed by atoms with Gasteiger partial charge in [-0.1, -0.05) is 30.3 Å². The van der Waals surface area contributed by atoms with Gasteiger partial charge in [0.25, 0.3) is 0 Å². The molecule has 0 radical (unpaired) electrons. The minimum Gasteiger partial charge on any atom is -0.481 e. The van der Waals surface area contributed by atoms with E-state index in [1.54, 1.807) is 43.5 Å². The van der Waals surface area contributed by atoms with E-state index >= 15 is 0 Å². The minimum atomic E-state index is -1.56. The van der Waals surface area contributed by atoms with Crippen LogP contribution < -0.4 is 31.9 Å². The van der Waals surface area contributed by atoms with Crippen molar-refractivity contribution in [1.82, 2.24) is 31.9 Å². The number of hydrogen-bond donors (Lipinski definition) is 11. The summed E-state index contributed by atoms with van der Waals surface area (Å²) in [5.74, 6) is -9.21. The predicted molar refractivity (Wildman–Crippen MR) is 197 cm³/mol. The standard InChI is InChI=1S/C34H50N6O15S/c1-19(35-18-55-14-6-9-21(31(48)49)39-34(54)40-22(32(50)51)11-13-27(42)43)10-12-26(41)36-24(16-28(44)45)30(47)37-23(15-20-7-4-3-5-8-20)29(46)38-25(17-56-2)33(52)53/h3-5,7-8,19,21-25,35H,6,9-18H2,1-2H3,(H,36,41)(H,37,47)(H,38,46)(H,42,43)(H,44,45)(H,48,49)(H,50,51)(H,52,53)(H2,39,40,54)/t19-,21+,22+,23-,24+,25-/m1/s1. The Morgan fingerprint density at radius 3 is 1.79 bits per heavy atom. The summed E-state index contributed by atoms with van der Waals surface area (Å²) < 4.78 is 5.43. The van der Waals surface area contributed by atoms with E-state index in [0.29, 0.717) is 5.56 Å². The molecular formula is C34H50N6O15S. The largest absolute Gasteiger partial charge is 0.481 e. The Balaban J connectivity index is 2.64. The molecule has 5 amide bonds. The third kappa shape index (κ3) is 20.8. The number of benzene rings is 1. The van der Waals surface area contributed by atoms with Crippen LogP contribution in [0.5, 0.6) is 0 Å². The average Bonchev–Trinajstić information content (AvgIpc) is 3.12. The summed E-state index contributed by atoms with van der Waals surface area (Å²) in [6.07, 6.45) is 0.0104. The molecule has 1 aromatic carbocycles. The van der Waals surface area contributed by atoms with E-state index in [-0.39, 0.29) is 57.2 Å². The number of carbonyl (C=O) groups is 9. The van der Waals surface area contributed by atoms with Crippen molar-refractivity contribution in [3.63, 3.8) is 0 Å². The smallest absolute Gasteiger partial charge is 0.327 e. The first-order chi connectivity index (χ1) is 26.4. The van der Waals surface area contributed by atoms with Crippen molar-refractivity contribution in [2.45, 2.75) is 94.5 Å². The van der Waals surface area contributed by atoms with Crippen LogP contribution in [0.25, 0.3) is 0 Å². The molecule has 22 heteroatoms. The Morgan fingerprint density at radius 2 is 1.23 bits per heavy atom. The maximum absolute atomic E-state index is 13.3. The van der Waals surface area contributed by atoms with Crippen molar-refractivity contribution in [2.75, 3.05) is 25.3 Å². The highest BCUT2D eigenvalue weighted by Crippen LogP contribution is 2.08. The molecule has 0 saturated carbocycles. The van der Waals surface area contributed by atoms with Gasteiger partial charge >= 0.3 is 35.9 Å². The number of carboxylic acid groups (broad SMARTS) is 5. The molecule has 0 bridgehead atoms. The van der Waals surface area contributed by atoms with Gasteiger partial charge in [-0.2, -0.15) is 11.8 Å². The second-order valence-electron chi connectivity index (χ2n) is 12.5. The fourth-order valence-corrected chi connectivity index (χ4v) is 5.41. The first-order valence-electron chi connectivity index (χ1n) is 17.4. The molecular weight excluding hydrogens is 764 g/mol. The van der Waals surface area contributed by atoms with Crippen molar-refractivity contribution in [1.29, 1.82) is 0 Å². The lowest BCUT2D eigenvalue weighted by Gasteiger charge is -2.24. The van der Waals surface area contributed by atoms with Gasteiger partial charge in [-0.25, -0.2) is 19.2 Å². The van der Waals surface area contributed by atoms with Gasteiger partial charge in [-0.15, -0.1) is 0 Å². The predicted octanol–water partition coefficient (Wildman–Crippen LogP) is -0.811. The van der Waals surface area contributed by atoms with E-state index in [1.165, 1.54) is 11.8 Å². The van der Waals surface area contributed by atoms with Crippen LogP contribution in [0, 0.1) is 0 Å². The summed E-state index contributed by atoms with van der Waals surface area (Å²) in [7, 11) is 0. The third-order valence-corrected chi connectivity index (χ3v) is 8.53. The Morgan fingerprint density at radius 1 is 0.661 bits per heavy atom. The molecule has 312 valence electrons. The van der Waals surface area contributed by atoms with Gasteiger partial charge in [0.2, 0.25) is 17.7 Å². The molecule has 0 fully saturated rings. The van der Waals surface area contributed by atoms with E-state index in [9.17, 15) is 58.5 Å². The van der Waals surface area contributed by atoms with Gasteiger partial charge in [0.1, 0.15) is 30.2 Å². The van der Waals surface area contributed by atoms with Gasteiger partial charge in [0, 0.05) is 37.7 Å². The molecule has 0 heterocycles. The topological polar surface area (TPSA) is 336 Å². The normalized spacial score (nSPS) is 14.0. The molecule has 1 rings (SSSR count). The summed E-state index contributed by atoms with van der Waals surface area (Å²) in [4.78, 5) is 108. The van der Waals surface area contributed by atoms with Crippen molar-refractivity contribution in [2.24, 2.45) is 0 Å². The van der Waals surface area contributed by atoms with Gasteiger partial charge < -0.3 is 56.9 Å². The average molecular weight is 815 g/mol. The first kappa shape index (κ1) is 48.5. The number of hydrogen-bond acceptors (Lipinski definition) is 12. The van der Waals surface area contributed by atoms with E-state index < -0.39 is 103 Å². The Hall–Kier alpha value is -5.48. The van der Waals surface area contributed by atoms with E-state index in [4.69, 9.17) is 14.9 Å². The number of rotatable bonds is 29. The molecule has 0 aromatic heterocycles. The Bertz CT molecular complexity index is 1500. The Kier molecular flexibility index (Phi) is 22.8. The maximum Gasteiger partial charge on any atom is 0.327 e. The van der Waals surface area contributed by atoms with Crippen LogP contribution in [-0.2, 0) is 49.5 Å². The van der Waals surface area contributed by atoms with Gasteiger partial charge in [0.15, 0.2) is 0 Å². The number of carboxylic acids is 5. The zero-order chi connectivity index (χ0) is 42.2. The molecule has 0 aliphatic heterocycles. The van der Waals surface area contributed by atoms with Gasteiger partial charge in [-0.05, 0) is 44.4 Å². The molecule has 21 nitrogen and oxygen atoms in total. The number of ether oxygens (including phenoxy) is 1. The van der Waals surface area contributed by atoms with Crippen LogP contribution in [0.2, 0.25) is 0 Å². The lowest BCUT2D eigenvalue weighted by molar-refractivity contribution is -0.142. The van der Waals surface area contributed by atoms with Gasteiger partial charge in [0.05, 0.1) is 13.2 Å². The number of thioether (sulfide) groups is 1. The van der Waals surface area contributed by atoms with Crippen LogP contribution in [0.4, 0.5) is 4.79 Å². The summed E-state index contributed by atoms with van der Waals surface area (Å²) in [5.41, 5.74) is 0.625. The monoisotopic (exact) mass is 814 g/mol. The van der Waals surface area contributed by atoms with E-state index in [2.05, 4.69) is 26.6 Å². The summed E-state index contributed by atoms with van der Waals surface area (Å²) >= 11 is 1.19. The second kappa shape index (κ2) is 26.3. The van der Waals surface area contributed by atoms with Crippen LogP contribution in [0.3, 0.4) is 0 Å². The SMILES string of the molecule is CSC[C@@H](NC(=O)[C@@H](Cc1ccccc1)NC(=O)[C@H](CC(=O)O)NC(=O)CC[C@@H](C)NCOCCC[C@H](NC(=O)N[C@@H](CCC(=O)O)C(=O)O)C(=O)O)C(=O)O. The number of aliphatic carboxylic acids is 5. The van der Waals surface area contributed by atoms with Crippen molar-refractivity contribution in [3.05, 3.63) is 35.9 Å². The first-order valence-corrected chi connectivity index (χ1v) is 18.8. The summed E-state index contributed by atoms with van der Waals surface area (Å²) in [6, 6.07) is 0.0390. The highest BCUT2D eigenvalue weighted by Gasteiger charge is 2.31. The number of urea groups is 1. The zero-order valence-electron chi connectivity index (χ0n) is 30.9. The zero-order valence-corrected chi connectivity index (χ0v) is 31.7. The molecule has 0 aliphatic carbocycles. The second-order valence-corrected chi connectivity index (χ2v) is 13.4. The molecule has 0 unspecified atom stereocenters. The number of amides is 5. The molecule has 0 aliphatic rings. The maximum atomic E-state index is 13.3. The summed E-state index contributed by atoms with van der Waals surface area (Å²) in [5, 5.41) is 60.6. The van der Waals surface area contributed by atoms with Crippen LogP contribution >= 0.6 is 11.8 Å². The molecule has 0 saturated heterocycles. The lowest BCUT2D eigenvalue weighted by atomic mass is 10.0. The van der Waals surface area contributed by atoms with Crippen molar-refractivity contribution >= 4 is 65.4 Å². The highest BCUT2D eigenvalue weighted by molar-refractivity contribution is 7.98. The van der Waals surface area contributed by atoms with Crippen LogP contribution in [0.1, 0.15) is 57.4 Å². The van der Waals surface area contributed by atoms with Crippen molar-refractivity contribution in [3.8, 4) is 0 Å². The lowest BCUT2D eigenvalue weighted by Crippen LogP contribution is -2.57. The van der Waals surface area contributed by atoms with Crippen LogP contribution in [0.15, 0.2) is 30.3 Å². The summed E-state index contributed by atoms with van der Waals surface area (Å²) in [6.45, 7) is 1.75. The van der Waals surface area contributed by atoms with E-state index in [0.717, 1.165) is 0 Å². The minimum absolute atomic E-state index is 0.0209. The van der Waals surface area contributed by atoms with Crippen LogP contribution in [-0.4, -0.2) is 141 Å². The highest BCUT2D eigenvalue weighted by atomic mass is 32.2. The molecule has 1 aromatic rings.